The Morgan fingerprint density at radius 2 is 1.87 bits per heavy atom. The molecule has 1 fully saturated rings. The molecule has 0 spiro atoms. The van der Waals surface area contributed by atoms with Crippen LogP contribution in [0.1, 0.15) is 19.5 Å². The molecule has 2 atom stereocenters. The smallest absolute Gasteiger partial charge is 0.354 e. The molecule has 4 aromatic heterocycles. The number of fused-ring (bicyclic) bond motifs is 2. The van der Waals surface area contributed by atoms with E-state index in [0.29, 0.717) is 29.0 Å². The van der Waals surface area contributed by atoms with Crippen molar-refractivity contribution in [3.05, 3.63) is 58.7 Å². The first-order valence-corrected chi connectivity index (χ1v) is 9.95. The number of piperazine rings is 1. The Kier molecular flexibility index (Phi) is 4.28. The van der Waals surface area contributed by atoms with Gasteiger partial charge < -0.3 is 14.6 Å². The first-order valence-electron chi connectivity index (χ1n) is 9.95. The van der Waals surface area contributed by atoms with Gasteiger partial charge in [-0.1, -0.05) is 6.07 Å². The van der Waals surface area contributed by atoms with Crippen LogP contribution in [0.5, 0.6) is 0 Å². The van der Waals surface area contributed by atoms with Gasteiger partial charge in [-0.3, -0.25) is 0 Å². The molecule has 9 heteroatoms. The maximum atomic E-state index is 14.5. The van der Waals surface area contributed by atoms with E-state index in [-0.39, 0.29) is 11.5 Å². The Balaban J connectivity index is 1.64. The summed E-state index contributed by atoms with van der Waals surface area (Å²) in [5, 5.41) is 3.49. The van der Waals surface area contributed by atoms with Crippen molar-refractivity contribution in [2.45, 2.75) is 32.9 Å². The molecule has 0 bridgehead atoms. The number of nitrogens with one attached hydrogen (secondary N) is 1. The number of nitrogens with zero attached hydrogens (tertiary/aromatic N) is 6. The monoisotopic (exact) mass is 407 g/mol. The summed E-state index contributed by atoms with van der Waals surface area (Å²) in [5.74, 6) is 0.462. The molecule has 1 aliphatic rings. The Morgan fingerprint density at radius 3 is 2.63 bits per heavy atom. The zero-order valence-electron chi connectivity index (χ0n) is 17.0. The van der Waals surface area contributed by atoms with Crippen molar-refractivity contribution in [1.82, 2.24) is 29.1 Å². The van der Waals surface area contributed by atoms with Crippen LogP contribution in [0.25, 0.3) is 22.7 Å². The zero-order valence-corrected chi connectivity index (χ0v) is 17.0. The summed E-state index contributed by atoms with van der Waals surface area (Å²) in [6.45, 7) is 7.59. The maximum absolute atomic E-state index is 14.5. The molecule has 1 saturated heterocycles. The molecule has 1 N–H and O–H groups in total. The van der Waals surface area contributed by atoms with Crippen molar-refractivity contribution in [2.75, 3.05) is 18.0 Å². The molecule has 0 radical (unpaired) electrons. The average Bonchev–Trinajstić information content (AvgIpc) is 3.07. The topological polar surface area (TPSA) is 79.8 Å². The van der Waals surface area contributed by atoms with Crippen LogP contribution in [-0.2, 0) is 0 Å². The second-order valence-electron chi connectivity index (χ2n) is 7.97. The van der Waals surface area contributed by atoms with Crippen molar-refractivity contribution in [3.8, 4) is 11.4 Å². The molecule has 0 aromatic carbocycles. The standard InChI is InChI=1S/C21H22FN7O/c1-12-8-27(9-13(2)23-12)18-6-4-5-17-25-19(26-21(30)29(17)18)15-7-16(22)20-24-14(3)10-28(20)11-15/h4-7,10-13,23H,8-9H2,1-3H3/t12-,13+. The highest BCUT2D eigenvalue weighted by atomic mass is 19.1. The average molecular weight is 407 g/mol. The van der Waals surface area contributed by atoms with Crippen LogP contribution < -0.4 is 15.9 Å². The normalized spacial score (nSPS) is 19.7. The van der Waals surface area contributed by atoms with Crippen LogP contribution in [0.4, 0.5) is 10.2 Å². The van der Waals surface area contributed by atoms with Gasteiger partial charge in [0, 0.05) is 43.1 Å². The fourth-order valence-corrected chi connectivity index (χ4v) is 4.24. The minimum Gasteiger partial charge on any atom is -0.354 e. The van der Waals surface area contributed by atoms with Gasteiger partial charge in [0.2, 0.25) is 0 Å². The van der Waals surface area contributed by atoms with Crippen LogP contribution in [0.2, 0.25) is 0 Å². The number of anilines is 1. The van der Waals surface area contributed by atoms with Gasteiger partial charge >= 0.3 is 5.69 Å². The third kappa shape index (κ3) is 3.11. The predicted molar refractivity (Wildman–Crippen MR) is 112 cm³/mol. The lowest BCUT2D eigenvalue weighted by atomic mass is 10.1. The van der Waals surface area contributed by atoms with Gasteiger partial charge in [-0.15, -0.1) is 0 Å². The molecule has 0 amide bonds. The van der Waals surface area contributed by atoms with E-state index in [4.69, 9.17) is 0 Å². The summed E-state index contributed by atoms with van der Waals surface area (Å²) >= 11 is 0. The zero-order chi connectivity index (χ0) is 21.0. The molecule has 1 aliphatic heterocycles. The highest BCUT2D eigenvalue weighted by Gasteiger charge is 2.23. The Labute approximate surface area is 172 Å². The number of hydrogen-bond donors (Lipinski definition) is 1. The fraction of sp³-hybridized carbons (Fsp3) is 0.333. The van der Waals surface area contributed by atoms with E-state index >= 15 is 0 Å². The van der Waals surface area contributed by atoms with E-state index in [0.717, 1.165) is 18.9 Å². The van der Waals surface area contributed by atoms with Gasteiger partial charge in [0.15, 0.2) is 17.3 Å². The molecule has 0 saturated carbocycles. The largest absolute Gasteiger partial charge is 0.357 e. The number of pyridine rings is 2. The van der Waals surface area contributed by atoms with Crippen LogP contribution >= 0.6 is 0 Å². The number of rotatable bonds is 2. The van der Waals surface area contributed by atoms with Crippen LogP contribution in [0.15, 0.2) is 41.5 Å². The lowest BCUT2D eigenvalue weighted by Gasteiger charge is -2.37. The first kappa shape index (κ1) is 18.7. The lowest BCUT2D eigenvalue weighted by Crippen LogP contribution is -2.55. The van der Waals surface area contributed by atoms with Crippen molar-refractivity contribution in [1.29, 1.82) is 0 Å². The van der Waals surface area contributed by atoms with Gasteiger partial charge in [0.05, 0.1) is 5.69 Å². The van der Waals surface area contributed by atoms with E-state index in [2.05, 4.69) is 39.0 Å². The van der Waals surface area contributed by atoms with Crippen molar-refractivity contribution in [2.24, 2.45) is 0 Å². The summed E-state index contributed by atoms with van der Waals surface area (Å²) in [6.07, 6.45) is 3.41. The Morgan fingerprint density at radius 1 is 1.10 bits per heavy atom. The molecule has 5 rings (SSSR count). The van der Waals surface area contributed by atoms with Crippen LogP contribution in [-0.4, -0.2) is 48.9 Å². The number of imidazole rings is 1. The van der Waals surface area contributed by atoms with E-state index in [1.165, 1.54) is 10.5 Å². The summed E-state index contributed by atoms with van der Waals surface area (Å²) in [6, 6.07) is 7.46. The SMILES string of the molecule is Cc1cn2cc(-c3nc(=O)n4c(N5C[C@@H](C)N[C@@H](C)C5)cccc4n3)cc(F)c2n1. The summed E-state index contributed by atoms with van der Waals surface area (Å²) in [4.78, 5) is 28.1. The Bertz CT molecular complexity index is 1320. The quantitative estimate of drug-likeness (QED) is 0.548. The minimum atomic E-state index is -0.484. The Hall–Kier alpha value is -3.33. The lowest BCUT2D eigenvalue weighted by molar-refractivity contribution is 0.404. The van der Waals surface area contributed by atoms with Gasteiger partial charge in [0.1, 0.15) is 11.5 Å². The molecule has 5 heterocycles. The van der Waals surface area contributed by atoms with Gasteiger partial charge in [-0.2, -0.15) is 4.98 Å². The summed E-state index contributed by atoms with van der Waals surface area (Å²) in [7, 11) is 0. The first-order chi connectivity index (χ1) is 14.4. The molecule has 30 heavy (non-hydrogen) atoms. The van der Waals surface area contributed by atoms with Crippen molar-refractivity contribution in [3.63, 3.8) is 0 Å². The number of aryl methyl sites for hydroxylation is 1. The van der Waals surface area contributed by atoms with E-state index in [9.17, 15) is 9.18 Å². The maximum Gasteiger partial charge on any atom is 0.357 e. The second-order valence-corrected chi connectivity index (χ2v) is 7.97. The summed E-state index contributed by atoms with van der Waals surface area (Å²) < 4.78 is 17.6. The van der Waals surface area contributed by atoms with Crippen LogP contribution in [0.3, 0.4) is 0 Å². The molecule has 0 aliphatic carbocycles. The second kappa shape index (κ2) is 6.88. The third-order valence-electron chi connectivity index (χ3n) is 5.33. The van der Waals surface area contributed by atoms with Crippen molar-refractivity contribution >= 4 is 17.1 Å². The fourth-order valence-electron chi connectivity index (χ4n) is 4.24. The van der Waals surface area contributed by atoms with Crippen LogP contribution in [0, 0.1) is 12.7 Å². The molecule has 8 nitrogen and oxygen atoms in total. The molecule has 0 unspecified atom stereocenters. The molecule has 4 aromatic rings. The van der Waals surface area contributed by atoms with E-state index < -0.39 is 11.5 Å². The van der Waals surface area contributed by atoms with E-state index in [1.54, 1.807) is 29.8 Å². The molecular weight excluding hydrogens is 385 g/mol. The van der Waals surface area contributed by atoms with Gasteiger partial charge in [-0.25, -0.2) is 23.6 Å². The van der Waals surface area contributed by atoms with Gasteiger partial charge in [-0.05, 0) is 39.0 Å². The van der Waals surface area contributed by atoms with E-state index in [1.807, 2.05) is 12.1 Å². The van der Waals surface area contributed by atoms with Gasteiger partial charge in [0.25, 0.3) is 0 Å². The predicted octanol–water partition coefficient (Wildman–Crippen LogP) is 2.04. The molecular formula is C21H22FN7O. The van der Waals surface area contributed by atoms with Crippen molar-refractivity contribution < 1.29 is 4.39 Å². The number of halogens is 1. The number of aromatic nitrogens is 5. The third-order valence-corrected chi connectivity index (χ3v) is 5.33. The minimum absolute atomic E-state index is 0.186. The highest BCUT2D eigenvalue weighted by molar-refractivity contribution is 5.61. The molecule has 154 valence electrons. The highest BCUT2D eigenvalue weighted by Crippen LogP contribution is 2.22. The summed E-state index contributed by atoms with van der Waals surface area (Å²) in [5.41, 5.74) is 1.40. The number of hydrogen-bond acceptors (Lipinski definition) is 6.